The fraction of sp³-hybridized carbons (Fsp3) is 0.192. The van der Waals surface area contributed by atoms with Gasteiger partial charge in [0.25, 0.3) is 5.91 Å². The molecular weight excluding hydrogens is 402 g/mol. The molecule has 0 radical (unpaired) electrons. The zero-order valence-electron chi connectivity index (χ0n) is 18.8. The van der Waals surface area contributed by atoms with Crippen molar-refractivity contribution in [3.63, 3.8) is 0 Å². The molecule has 0 aliphatic rings. The summed E-state index contributed by atoms with van der Waals surface area (Å²) in [4.78, 5) is 24.0. The molecule has 3 aromatic rings. The third-order valence-corrected chi connectivity index (χ3v) is 5.67. The first-order valence-electron chi connectivity index (χ1n) is 10.2. The van der Waals surface area contributed by atoms with Crippen molar-refractivity contribution < 1.29 is 14.7 Å². The summed E-state index contributed by atoms with van der Waals surface area (Å²) in [6, 6.07) is 14.5. The minimum atomic E-state index is -0.974. The number of hydrogen-bond donors (Lipinski definition) is 2. The Morgan fingerprint density at radius 2 is 1.75 bits per heavy atom. The number of nitrogens with one attached hydrogen (secondary N) is 1. The van der Waals surface area contributed by atoms with Gasteiger partial charge in [-0.05, 0) is 93.3 Å². The standard InChI is InChI=1S/C26H25N3O3/c1-15-7-6-8-23(18(15)4)28-25(30)22(14-27)13-21-12-17(3)29(19(21)5)24-10-9-20(26(31)32)11-16(24)2/h6-13H,1-5H3,(H,28,30)(H,31,32)/b22-13-. The molecule has 0 aliphatic carbocycles. The number of rotatable bonds is 5. The van der Waals surface area contributed by atoms with Gasteiger partial charge < -0.3 is 15.0 Å². The van der Waals surface area contributed by atoms with Crippen molar-refractivity contribution in [3.8, 4) is 11.8 Å². The van der Waals surface area contributed by atoms with Crippen LogP contribution in [0.4, 0.5) is 5.69 Å². The number of carbonyl (C=O) groups is 2. The van der Waals surface area contributed by atoms with Gasteiger partial charge >= 0.3 is 5.97 Å². The molecule has 0 fully saturated rings. The quantitative estimate of drug-likeness (QED) is 0.429. The highest BCUT2D eigenvalue weighted by atomic mass is 16.4. The number of hydrogen-bond acceptors (Lipinski definition) is 3. The summed E-state index contributed by atoms with van der Waals surface area (Å²) in [5.41, 5.74) is 7.08. The second-order valence-corrected chi connectivity index (χ2v) is 7.84. The number of carbonyl (C=O) groups excluding carboxylic acids is 1. The Morgan fingerprint density at radius 1 is 1.03 bits per heavy atom. The molecule has 0 unspecified atom stereocenters. The van der Waals surface area contributed by atoms with Crippen LogP contribution in [0.3, 0.4) is 0 Å². The number of anilines is 1. The predicted octanol–water partition coefficient (Wildman–Crippen LogP) is 5.26. The van der Waals surface area contributed by atoms with Gasteiger partial charge in [0, 0.05) is 22.8 Å². The Hall–Kier alpha value is -4.11. The van der Waals surface area contributed by atoms with Crippen molar-refractivity contribution in [2.75, 3.05) is 5.32 Å². The molecular formula is C26H25N3O3. The van der Waals surface area contributed by atoms with Crippen molar-refractivity contribution in [1.82, 2.24) is 4.57 Å². The summed E-state index contributed by atoms with van der Waals surface area (Å²) in [6.07, 6.45) is 1.58. The van der Waals surface area contributed by atoms with Gasteiger partial charge in [-0.3, -0.25) is 4.79 Å². The van der Waals surface area contributed by atoms with E-state index in [9.17, 15) is 20.0 Å². The molecule has 2 N–H and O–H groups in total. The number of aromatic nitrogens is 1. The number of amides is 1. The SMILES string of the molecule is Cc1cc(C(=O)O)ccc1-n1c(C)cc(/C=C(/C#N)C(=O)Nc2cccc(C)c2C)c1C. The molecule has 32 heavy (non-hydrogen) atoms. The molecule has 0 bridgehead atoms. The molecule has 2 aromatic carbocycles. The molecule has 0 atom stereocenters. The number of aromatic carboxylic acids is 1. The second kappa shape index (κ2) is 8.94. The maximum Gasteiger partial charge on any atom is 0.335 e. The lowest BCUT2D eigenvalue weighted by Crippen LogP contribution is -2.14. The van der Waals surface area contributed by atoms with Gasteiger partial charge in [-0.2, -0.15) is 5.26 Å². The minimum absolute atomic E-state index is 0.00380. The van der Waals surface area contributed by atoms with Crippen molar-refractivity contribution >= 4 is 23.6 Å². The molecule has 6 heteroatoms. The molecule has 0 spiro atoms. The van der Waals surface area contributed by atoms with Crippen LogP contribution < -0.4 is 5.32 Å². The Balaban J connectivity index is 1.98. The average Bonchev–Trinajstić information content (AvgIpc) is 3.02. The highest BCUT2D eigenvalue weighted by molar-refractivity contribution is 6.10. The van der Waals surface area contributed by atoms with Gasteiger partial charge in [-0.25, -0.2) is 4.79 Å². The molecule has 1 aromatic heterocycles. The normalized spacial score (nSPS) is 11.2. The van der Waals surface area contributed by atoms with Crippen LogP contribution in [0.25, 0.3) is 11.8 Å². The van der Waals surface area contributed by atoms with E-state index >= 15 is 0 Å². The predicted molar refractivity (Wildman–Crippen MR) is 125 cm³/mol. The molecule has 1 amide bonds. The van der Waals surface area contributed by atoms with Gasteiger partial charge in [0.15, 0.2) is 0 Å². The van der Waals surface area contributed by atoms with Crippen molar-refractivity contribution in [1.29, 1.82) is 5.26 Å². The van der Waals surface area contributed by atoms with Gasteiger partial charge in [-0.15, -0.1) is 0 Å². The first-order chi connectivity index (χ1) is 15.1. The zero-order valence-corrected chi connectivity index (χ0v) is 18.8. The molecule has 0 aliphatic heterocycles. The van der Waals surface area contributed by atoms with Crippen LogP contribution in [0.15, 0.2) is 48.0 Å². The number of carboxylic acid groups (broad SMARTS) is 1. The number of aryl methyl sites for hydroxylation is 3. The lowest BCUT2D eigenvalue weighted by molar-refractivity contribution is -0.112. The van der Waals surface area contributed by atoms with Gasteiger partial charge in [-0.1, -0.05) is 12.1 Å². The highest BCUT2D eigenvalue weighted by Gasteiger charge is 2.16. The monoisotopic (exact) mass is 427 g/mol. The van der Waals surface area contributed by atoms with Gasteiger partial charge in [0.05, 0.1) is 5.56 Å². The molecule has 6 nitrogen and oxygen atoms in total. The number of nitrogens with zero attached hydrogens (tertiary/aromatic N) is 2. The third-order valence-electron chi connectivity index (χ3n) is 5.67. The van der Waals surface area contributed by atoms with Crippen LogP contribution >= 0.6 is 0 Å². The Morgan fingerprint density at radius 3 is 2.38 bits per heavy atom. The van der Waals surface area contributed by atoms with E-state index < -0.39 is 11.9 Å². The third kappa shape index (κ3) is 4.33. The van der Waals surface area contributed by atoms with E-state index in [4.69, 9.17) is 0 Å². The fourth-order valence-electron chi connectivity index (χ4n) is 3.72. The molecule has 0 saturated carbocycles. The Kier molecular flexibility index (Phi) is 6.31. The molecule has 1 heterocycles. The lowest BCUT2D eigenvalue weighted by atomic mass is 10.1. The van der Waals surface area contributed by atoms with Crippen LogP contribution in [0.1, 0.15) is 44.0 Å². The van der Waals surface area contributed by atoms with E-state index in [-0.39, 0.29) is 11.1 Å². The summed E-state index contributed by atoms with van der Waals surface area (Å²) >= 11 is 0. The van der Waals surface area contributed by atoms with Crippen LogP contribution in [-0.4, -0.2) is 21.6 Å². The number of benzene rings is 2. The highest BCUT2D eigenvalue weighted by Crippen LogP contribution is 2.26. The summed E-state index contributed by atoms with van der Waals surface area (Å²) in [5.74, 6) is -1.44. The smallest absolute Gasteiger partial charge is 0.335 e. The zero-order chi connectivity index (χ0) is 23.6. The number of nitriles is 1. The topological polar surface area (TPSA) is 95.1 Å². The fourth-order valence-corrected chi connectivity index (χ4v) is 3.72. The summed E-state index contributed by atoms with van der Waals surface area (Å²) in [6.45, 7) is 9.57. The largest absolute Gasteiger partial charge is 0.478 e. The summed E-state index contributed by atoms with van der Waals surface area (Å²) < 4.78 is 1.99. The average molecular weight is 428 g/mol. The van der Waals surface area contributed by atoms with E-state index in [2.05, 4.69) is 5.32 Å². The maximum atomic E-state index is 12.8. The van der Waals surface area contributed by atoms with E-state index in [0.717, 1.165) is 39.3 Å². The molecule has 3 rings (SSSR count). The first kappa shape index (κ1) is 22.6. The van der Waals surface area contributed by atoms with Crippen molar-refractivity contribution in [3.05, 3.63) is 87.2 Å². The lowest BCUT2D eigenvalue weighted by Gasteiger charge is -2.13. The maximum absolute atomic E-state index is 12.8. The number of carboxylic acids is 1. The van der Waals surface area contributed by atoms with E-state index in [1.807, 2.05) is 69.5 Å². The minimum Gasteiger partial charge on any atom is -0.478 e. The summed E-state index contributed by atoms with van der Waals surface area (Å²) in [7, 11) is 0. The molecule has 0 saturated heterocycles. The van der Waals surface area contributed by atoms with Crippen LogP contribution in [0.5, 0.6) is 0 Å². The Bertz CT molecular complexity index is 1310. The van der Waals surface area contributed by atoms with Gasteiger partial charge in [0.2, 0.25) is 0 Å². The first-order valence-corrected chi connectivity index (χ1v) is 10.2. The van der Waals surface area contributed by atoms with E-state index in [0.29, 0.717) is 5.69 Å². The molecule has 162 valence electrons. The van der Waals surface area contributed by atoms with Crippen LogP contribution in [0.2, 0.25) is 0 Å². The van der Waals surface area contributed by atoms with E-state index in [1.165, 1.54) is 0 Å². The van der Waals surface area contributed by atoms with Crippen molar-refractivity contribution in [2.45, 2.75) is 34.6 Å². The second-order valence-electron chi connectivity index (χ2n) is 7.84. The van der Waals surface area contributed by atoms with Crippen LogP contribution in [0, 0.1) is 45.9 Å². The summed E-state index contributed by atoms with van der Waals surface area (Å²) in [5, 5.41) is 21.7. The van der Waals surface area contributed by atoms with E-state index in [1.54, 1.807) is 24.3 Å². The van der Waals surface area contributed by atoms with Crippen molar-refractivity contribution in [2.24, 2.45) is 0 Å². The Labute approximate surface area is 187 Å². The van der Waals surface area contributed by atoms with Gasteiger partial charge in [0.1, 0.15) is 11.6 Å². The van der Waals surface area contributed by atoms with Crippen LogP contribution in [-0.2, 0) is 4.79 Å².